The van der Waals surface area contributed by atoms with Gasteiger partial charge >= 0.3 is 0 Å². The number of hydrogen-bond donors (Lipinski definition) is 4. The van der Waals surface area contributed by atoms with Crippen LogP contribution in [0.3, 0.4) is 0 Å². The fourth-order valence-corrected chi connectivity index (χ4v) is 7.05. The van der Waals surface area contributed by atoms with E-state index in [0.29, 0.717) is 29.1 Å². The molecule has 3 aromatic rings. The van der Waals surface area contributed by atoms with E-state index >= 15 is 0 Å². The second-order valence-corrected chi connectivity index (χ2v) is 12.4. The first kappa shape index (κ1) is 33.4. The normalized spacial score (nSPS) is 20.7. The maximum Gasteiger partial charge on any atom is 0.238 e. The van der Waals surface area contributed by atoms with Crippen molar-refractivity contribution in [1.29, 1.82) is 0 Å². The van der Waals surface area contributed by atoms with Crippen LogP contribution in [0.25, 0.3) is 6.08 Å². The molecule has 3 aromatic carbocycles. The maximum atomic E-state index is 13.9. The molecular weight excluding hydrogens is 604 g/mol. The van der Waals surface area contributed by atoms with Crippen LogP contribution in [0.5, 0.6) is 5.75 Å². The van der Waals surface area contributed by atoms with Gasteiger partial charge in [0.15, 0.2) is 0 Å². The number of carbonyl (C=O) groups is 2. The van der Waals surface area contributed by atoms with Crippen LogP contribution in [0.4, 0.5) is 17.1 Å². The zero-order valence-corrected chi connectivity index (χ0v) is 26.9. The maximum absolute atomic E-state index is 13.9. The number of imide groups is 1. The first-order valence-corrected chi connectivity index (χ1v) is 16.1. The highest BCUT2D eigenvalue weighted by Crippen LogP contribution is 2.47. The van der Waals surface area contributed by atoms with Gasteiger partial charge in [0.1, 0.15) is 5.75 Å². The predicted octanol–water partition coefficient (Wildman–Crippen LogP) is 6.87. The largest absolute Gasteiger partial charge is 0.508 e. The van der Waals surface area contributed by atoms with E-state index in [1.807, 2.05) is 48.5 Å². The van der Waals surface area contributed by atoms with Gasteiger partial charge in [0.25, 0.3) is 0 Å². The average Bonchev–Trinajstić information content (AvgIpc) is 3.30. The molecule has 242 valence electrons. The number of benzene rings is 3. The molecule has 4 atom stereocenters. The third-order valence-electron chi connectivity index (χ3n) is 8.90. The third kappa shape index (κ3) is 7.21. The van der Waals surface area contributed by atoms with Crippen LogP contribution < -0.4 is 10.2 Å². The Bertz CT molecular complexity index is 1600. The lowest BCUT2D eigenvalue weighted by molar-refractivity contribution is -0.123. The number of nitrogens with zero attached hydrogens (tertiary/aromatic N) is 1. The summed E-state index contributed by atoms with van der Waals surface area (Å²) in [6, 6.07) is 21.7. The number of carbonyl (C=O) groups excluding carboxylic acids is 2. The minimum atomic E-state index is -0.945. The molecule has 46 heavy (non-hydrogen) atoms. The molecule has 1 aliphatic carbocycles. The molecule has 4 N–H and O–H groups in total. The second kappa shape index (κ2) is 15.1. The number of hydrogen-bond acceptors (Lipinski definition) is 7. The van der Waals surface area contributed by atoms with E-state index in [2.05, 4.69) is 12.2 Å². The average molecular weight is 645 g/mol. The number of methoxy groups -OCH3 is 1. The van der Waals surface area contributed by atoms with Crippen molar-refractivity contribution in [2.24, 2.45) is 17.8 Å². The number of phenolic OH excluding ortho intramolecular Hbond substituents is 1. The number of aliphatic hydroxyl groups excluding tert-OH is 2. The lowest BCUT2D eigenvalue weighted by Crippen LogP contribution is -2.39. The molecule has 9 heteroatoms. The van der Waals surface area contributed by atoms with Crippen LogP contribution in [0.15, 0.2) is 89.5 Å². The Kier molecular flexibility index (Phi) is 11.0. The number of allylic oxidation sites excluding steroid dienone is 1. The minimum absolute atomic E-state index is 0.0912. The highest BCUT2D eigenvalue weighted by molar-refractivity contribution is 6.32. The molecule has 1 heterocycles. The van der Waals surface area contributed by atoms with Crippen LogP contribution in [0.1, 0.15) is 44.6 Å². The van der Waals surface area contributed by atoms with Gasteiger partial charge in [-0.1, -0.05) is 54.8 Å². The minimum Gasteiger partial charge on any atom is -0.508 e. The summed E-state index contributed by atoms with van der Waals surface area (Å²) in [4.78, 5) is 28.9. The van der Waals surface area contributed by atoms with Crippen molar-refractivity contribution in [3.05, 3.63) is 100 Å². The molecule has 0 unspecified atom stereocenters. The number of aliphatic hydroxyl groups is 2. The van der Waals surface area contributed by atoms with Gasteiger partial charge in [-0.2, -0.15) is 0 Å². The number of amides is 2. The molecule has 1 fully saturated rings. The van der Waals surface area contributed by atoms with Crippen molar-refractivity contribution in [2.75, 3.05) is 30.5 Å². The van der Waals surface area contributed by atoms with E-state index in [1.54, 1.807) is 31.4 Å². The van der Waals surface area contributed by atoms with Crippen molar-refractivity contribution >= 4 is 46.6 Å². The number of para-hydroxylation sites is 1. The number of nitrogens with one attached hydrogen (secondary N) is 1. The Morgan fingerprint density at radius 1 is 1.04 bits per heavy atom. The Balaban J connectivity index is 1.36. The molecule has 1 saturated heterocycles. The fraction of sp³-hybridized carbons (Fsp3) is 0.351. The first-order chi connectivity index (χ1) is 22.2. The van der Waals surface area contributed by atoms with E-state index in [9.17, 15) is 24.9 Å². The molecule has 0 radical (unpaired) electrons. The van der Waals surface area contributed by atoms with Gasteiger partial charge in [-0.25, -0.2) is 0 Å². The standard InChI is InChI=1S/C37H41ClN2O6/c1-3-7-23(18-24-11-16-29(42)20-32(24)38)10-17-33(43)34-25(22-46-2)19-30-35(31(34)21-41)37(45)40(36(30)44)28-14-12-27(13-15-28)39-26-8-5-4-6-9-26/h4-6,8-9,11-16,18,20,30-31,33,35,39,41-43H,3,7,10,17,19,21-22H2,1-2H3/b23-18+/t30-,31+,33-,35-/m1/s1. The summed E-state index contributed by atoms with van der Waals surface area (Å²) in [6.45, 7) is 1.88. The molecule has 0 spiro atoms. The van der Waals surface area contributed by atoms with Gasteiger partial charge in [0.05, 0.1) is 41.9 Å². The van der Waals surface area contributed by atoms with E-state index in [0.717, 1.165) is 40.9 Å². The first-order valence-electron chi connectivity index (χ1n) is 15.7. The van der Waals surface area contributed by atoms with E-state index in [-0.39, 0.29) is 37.2 Å². The van der Waals surface area contributed by atoms with Gasteiger partial charge in [0.2, 0.25) is 11.8 Å². The predicted molar refractivity (Wildman–Crippen MR) is 181 cm³/mol. The highest BCUT2D eigenvalue weighted by Gasteiger charge is 2.55. The van der Waals surface area contributed by atoms with E-state index in [4.69, 9.17) is 16.3 Å². The van der Waals surface area contributed by atoms with Crippen molar-refractivity contribution in [3.8, 4) is 5.75 Å². The monoisotopic (exact) mass is 644 g/mol. The van der Waals surface area contributed by atoms with Crippen molar-refractivity contribution in [1.82, 2.24) is 0 Å². The van der Waals surface area contributed by atoms with Gasteiger partial charge in [-0.3, -0.25) is 14.5 Å². The summed E-state index contributed by atoms with van der Waals surface area (Å²) in [6.07, 6.45) is 3.93. The SMILES string of the molecule is CCC/C(=C\c1ccc(O)cc1Cl)CC[C@@H](O)C1=C(COC)C[C@H]2C(=O)N(c3ccc(Nc4ccccc4)cc3)C(=O)[C@H]2[C@H]1CO. The number of rotatable bonds is 13. The highest BCUT2D eigenvalue weighted by atomic mass is 35.5. The molecule has 1 aliphatic heterocycles. The summed E-state index contributed by atoms with van der Waals surface area (Å²) >= 11 is 6.35. The van der Waals surface area contributed by atoms with Crippen molar-refractivity contribution in [2.45, 2.75) is 45.1 Å². The van der Waals surface area contributed by atoms with Crippen LogP contribution in [0.2, 0.25) is 5.02 Å². The number of ether oxygens (including phenoxy) is 1. The number of anilines is 3. The van der Waals surface area contributed by atoms with Crippen molar-refractivity contribution in [3.63, 3.8) is 0 Å². The Hall–Kier alpha value is -3.95. The summed E-state index contributed by atoms with van der Waals surface area (Å²) in [5.41, 5.74) is 5.42. The van der Waals surface area contributed by atoms with Gasteiger partial charge in [-0.15, -0.1) is 0 Å². The molecule has 0 saturated carbocycles. The van der Waals surface area contributed by atoms with E-state index < -0.39 is 23.9 Å². The summed E-state index contributed by atoms with van der Waals surface area (Å²) < 4.78 is 5.49. The molecule has 0 aromatic heterocycles. The van der Waals surface area contributed by atoms with Crippen LogP contribution in [-0.2, 0) is 14.3 Å². The smallest absolute Gasteiger partial charge is 0.238 e. The molecule has 2 amide bonds. The number of aromatic hydroxyl groups is 1. The van der Waals surface area contributed by atoms with Gasteiger partial charge in [-0.05, 0) is 97.0 Å². The second-order valence-electron chi connectivity index (χ2n) is 12.0. The van der Waals surface area contributed by atoms with Crippen LogP contribution in [0, 0.1) is 17.8 Å². The van der Waals surface area contributed by atoms with Gasteiger partial charge < -0.3 is 25.4 Å². The summed E-state index contributed by atoms with van der Waals surface area (Å²) in [5, 5.41) is 35.8. The number of phenols is 1. The Morgan fingerprint density at radius 3 is 2.41 bits per heavy atom. The number of fused-ring (bicyclic) bond motifs is 1. The fourth-order valence-electron chi connectivity index (χ4n) is 6.82. The summed E-state index contributed by atoms with van der Waals surface area (Å²) in [5.74, 6) is -2.74. The van der Waals surface area contributed by atoms with Gasteiger partial charge in [0, 0.05) is 24.4 Å². The third-order valence-corrected chi connectivity index (χ3v) is 9.23. The van der Waals surface area contributed by atoms with E-state index in [1.165, 1.54) is 11.0 Å². The van der Waals surface area contributed by atoms with Crippen molar-refractivity contribution < 1.29 is 29.6 Å². The molecule has 0 bridgehead atoms. The zero-order chi connectivity index (χ0) is 32.8. The summed E-state index contributed by atoms with van der Waals surface area (Å²) in [7, 11) is 1.56. The number of halogens is 1. The van der Waals surface area contributed by atoms with Crippen LogP contribution >= 0.6 is 11.6 Å². The zero-order valence-electron chi connectivity index (χ0n) is 26.2. The lowest BCUT2D eigenvalue weighted by Gasteiger charge is -2.36. The topological polar surface area (TPSA) is 119 Å². The Morgan fingerprint density at radius 2 is 1.76 bits per heavy atom. The molecular formula is C37H41ClN2O6. The Labute approximate surface area is 275 Å². The molecule has 2 aliphatic rings. The lowest BCUT2D eigenvalue weighted by atomic mass is 9.68. The molecule has 5 rings (SSSR count). The molecule has 8 nitrogen and oxygen atoms in total. The quantitative estimate of drug-likeness (QED) is 0.118. The van der Waals surface area contributed by atoms with Crippen LogP contribution in [-0.4, -0.2) is 53.6 Å².